The van der Waals surface area contributed by atoms with Crippen LogP contribution in [0.1, 0.15) is 6.42 Å². The molecule has 3 aliphatic rings. The van der Waals surface area contributed by atoms with Crippen molar-refractivity contribution in [1.29, 1.82) is 0 Å². The standard InChI is InChI=1S/C17H14BrNO3/c18-10-3-5-11(6-4-10)19-17(22)14-15(20)12-8-1-2-9(7-8)13(12)16(14)21/h1-6,8-9,12-14H,7H2,(H,19,22). The number of nitrogens with one attached hydrogen (secondary N) is 1. The molecule has 0 heterocycles. The van der Waals surface area contributed by atoms with Crippen LogP contribution in [0.2, 0.25) is 0 Å². The highest BCUT2D eigenvalue weighted by Crippen LogP contribution is 2.53. The lowest BCUT2D eigenvalue weighted by atomic mass is 9.85. The van der Waals surface area contributed by atoms with Crippen LogP contribution in [0, 0.1) is 29.6 Å². The number of hydrogen-bond acceptors (Lipinski definition) is 3. The zero-order valence-corrected chi connectivity index (χ0v) is 13.2. The van der Waals surface area contributed by atoms with E-state index >= 15 is 0 Å². The Labute approximate surface area is 136 Å². The summed E-state index contributed by atoms with van der Waals surface area (Å²) in [7, 11) is 0. The molecule has 5 heteroatoms. The number of Topliss-reactive ketones (excluding diaryl/α,β-unsaturated/α-hetero) is 2. The van der Waals surface area contributed by atoms with Gasteiger partial charge in [-0.25, -0.2) is 0 Å². The molecule has 2 saturated carbocycles. The van der Waals surface area contributed by atoms with Crippen LogP contribution in [-0.4, -0.2) is 17.5 Å². The van der Waals surface area contributed by atoms with Gasteiger partial charge >= 0.3 is 0 Å². The summed E-state index contributed by atoms with van der Waals surface area (Å²) < 4.78 is 0.899. The summed E-state index contributed by atoms with van der Waals surface area (Å²) in [6.45, 7) is 0. The Kier molecular flexibility index (Phi) is 3.08. The highest BCUT2D eigenvalue weighted by Gasteiger charge is 2.61. The topological polar surface area (TPSA) is 63.2 Å². The van der Waals surface area contributed by atoms with Crippen molar-refractivity contribution in [3.8, 4) is 0 Å². The molecule has 1 N–H and O–H groups in total. The number of anilines is 1. The van der Waals surface area contributed by atoms with Gasteiger partial charge in [-0.1, -0.05) is 28.1 Å². The third-order valence-corrected chi connectivity index (χ3v) is 5.59. The molecule has 2 bridgehead atoms. The van der Waals surface area contributed by atoms with Crippen molar-refractivity contribution in [2.45, 2.75) is 6.42 Å². The Balaban J connectivity index is 1.56. The lowest BCUT2D eigenvalue weighted by molar-refractivity contribution is -0.136. The minimum absolute atomic E-state index is 0.150. The molecule has 1 aromatic carbocycles. The van der Waals surface area contributed by atoms with Crippen LogP contribution < -0.4 is 5.32 Å². The summed E-state index contributed by atoms with van der Waals surface area (Å²) in [6, 6.07) is 7.06. The molecular weight excluding hydrogens is 346 g/mol. The molecule has 4 unspecified atom stereocenters. The maximum absolute atomic E-state index is 12.5. The van der Waals surface area contributed by atoms with E-state index in [9.17, 15) is 14.4 Å². The maximum atomic E-state index is 12.5. The lowest BCUT2D eigenvalue weighted by Crippen LogP contribution is -2.33. The van der Waals surface area contributed by atoms with E-state index in [2.05, 4.69) is 21.2 Å². The van der Waals surface area contributed by atoms with Crippen molar-refractivity contribution < 1.29 is 14.4 Å². The molecule has 0 aromatic heterocycles. The summed E-state index contributed by atoms with van der Waals surface area (Å²) >= 11 is 3.32. The second-order valence-electron chi connectivity index (χ2n) is 6.23. The molecule has 2 fully saturated rings. The SMILES string of the molecule is O=C(Nc1ccc(Br)cc1)C1C(=O)C2C3C=CC(C3)C2C1=O. The van der Waals surface area contributed by atoms with Gasteiger partial charge in [0.2, 0.25) is 5.91 Å². The first-order valence-corrected chi connectivity index (χ1v) is 8.18. The Morgan fingerprint density at radius 2 is 1.55 bits per heavy atom. The van der Waals surface area contributed by atoms with Gasteiger partial charge in [-0.05, 0) is 42.5 Å². The van der Waals surface area contributed by atoms with Crippen molar-refractivity contribution >= 4 is 39.1 Å². The van der Waals surface area contributed by atoms with Crippen molar-refractivity contribution in [3.05, 3.63) is 40.9 Å². The summed E-state index contributed by atoms with van der Waals surface area (Å²) in [6.07, 6.45) is 4.95. The monoisotopic (exact) mass is 359 g/mol. The fraction of sp³-hybridized carbons (Fsp3) is 0.353. The van der Waals surface area contributed by atoms with Crippen molar-refractivity contribution in [2.24, 2.45) is 29.6 Å². The molecule has 1 amide bonds. The van der Waals surface area contributed by atoms with E-state index in [0.29, 0.717) is 5.69 Å². The number of allylic oxidation sites excluding steroid dienone is 2. The van der Waals surface area contributed by atoms with E-state index in [1.807, 2.05) is 12.2 Å². The van der Waals surface area contributed by atoms with Gasteiger partial charge in [0.25, 0.3) is 0 Å². The molecular formula is C17H14BrNO3. The third-order valence-electron chi connectivity index (χ3n) is 5.06. The normalized spacial score (nSPS) is 35.0. The van der Waals surface area contributed by atoms with Crippen molar-refractivity contribution in [2.75, 3.05) is 5.32 Å². The highest BCUT2D eigenvalue weighted by molar-refractivity contribution is 9.10. The summed E-state index contributed by atoms with van der Waals surface area (Å²) in [5, 5.41) is 2.69. The van der Waals surface area contributed by atoms with Gasteiger partial charge in [-0.15, -0.1) is 0 Å². The van der Waals surface area contributed by atoms with Crippen LogP contribution in [0.15, 0.2) is 40.9 Å². The third kappa shape index (κ3) is 1.92. The van der Waals surface area contributed by atoms with Gasteiger partial charge in [-0.3, -0.25) is 14.4 Å². The van der Waals surface area contributed by atoms with E-state index < -0.39 is 11.8 Å². The van der Waals surface area contributed by atoms with Gasteiger partial charge < -0.3 is 5.32 Å². The fourth-order valence-corrected chi connectivity index (χ4v) is 4.39. The first kappa shape index (κ1) is 13.9. The second-order valence-corrected chi connectivity index (χ2v) is 7.15. The average molecular weight is 360 g/mol. The van der Waals surface area contributed by atoms with Gasteiger partial charge in [0.1, 0.15) is 0 Å². The number of rotatable bonds is 2. The predicted molar refractivity (Wildman–Crippen MR) is 84.0 cm³/mol. The number of benzene rings is 1. The van der Waals surface area contributed by atoms with E-state index in [-0.39, 0.29) is 35.2 Å². The second kappa shape index (κ2) is 4.88. The average Bonchev–Trinajstić information content (AvgIpc) is 3.15. The smallest absolute Gasteiger partial charge is 0.242 e. The minimum Gasteiger partial charge on any atom is -0.325 e. The molecule has 0 saturated heterocycles. The van der Waals surface area contributed by atoms with Crippen LogP contribution in [0.4, 0.5) is 5.69 Å². The van der Waals surface area contributed by atoms with Crippen molar-refractivity contribution in [3.63, 3.8) is 0 Å². The maximum Gasteiger partial charge on any atom is 0.242 e. The Morgan fingerprint density at radius 3 is 2.09 bits per heavy atom. The van der Waals surface area contributed by atoms with Crippen LogP contribution in [0.5, 0.6) is 0 Å². The van der Waals surface area contributed by atoms with Gasteiger partial charge in [0, 0.05) is 22.0 Å². The first-order valence-electron chi connectivity index (χ1n) is 7.38. The first-order chi connectivity index (χ1) is 10.6. The zero-order chi connectivity index (χ0) is 15.4. The lowest BCUT2D eigenvalue weighted by Gasteiger charge is -2.16. The largest absolute Gasteiger partial charge is 0.325 e. The van der Waals surface area contributed by atoms with Crippen LogP contribution in [0.25, 0.3) is 0 Å². The number of halogens is 1. The Morgan fingerprint density at radius 1 is 1.00 bits per heavy atom. The number of hydrogen-bond donors (Lipinski definition) is 1. The Bertz CT molecular complexity index is 679. The number of carbonyl (C=O) groups is 3. The number of carbonyl (C=O) groups excluding carboxylic acids is 3. The summed E-state index contributed by atoms with van der Waals surface area (Å²) in [5.41, 5.74) is 0.590. The zero-order valence-electron chi connectivity index (χ0n) is 11.7. The predicted octanol–water partition coefficient (Wildman–Crippen LogP) is 2.59. The molecule has 22 heavy (non-hydrogen) atoms. The molecule has 4 atom stereocenters. The highest BCUT2D eigenvalue weighted by atomic mass is 79.9. The molecule has 1 aromatic rings. The van der Waals surface area contributed by atoms with E-state index in [0.717, 1.165) is 10.9 Å². The molecule has 0 radical (unpaired) electrons. The molecule has 0 spiro atoms. The minimum atomic E-state index is -1.14. The van der Waals surface area contributed by atoms with Crippen molar-refractivity contribution in [1.82, 2.24) is 0 Å². The Hall–Kier alpha value is -1.75. The molecule has 3 aliphatic carbocycles. The summed E-state index contributed by atoms with van der Waals surface area (Å²) in [5.74, 6) is -2.27. The molecule has 4 nitrogen and oxygen atoms in total. The van der Waals surface area contributed by atoms with E-state index in [4.69, 9.17) is 0 Å². The fourth-order valence-electron chi connectivity index (χ4n) is 4.13. The van der Waals surface area contributed by atoms with Gasteiger partial charge in [-0.2, -0.15) is 0 Å². The molecule has 112 valence electrons. The van der Waals surface area contributed by atoms with Gasteiger partial charge in [0.15, 0.2) is 17.5 Å². The molecule has 0 aliphatic heterocycles. The van der Waals surface area contributed by atoms with Crippen LogP contribution in [-0.2, 0) is 14.4 Å². The number of amides is 1. The number of fused-ring (bicyclic) bond motifs is 5. The van der Waals surface area contributed by atoms with Crippen LogP contribution in [0.3, 0.4) is 0 Å². The summed E-state index contributed by atoms with van der Waals surface area (Å²) in [4.78, 5) is 37.5. The number of ketones is 2. The van der Waals surface area contributed by atoms with E-state index in [1.54, 1.807) is 24.3 Å². The van der Waals surface area contributed by atoms with E-state index in [1.165, 1.54) is 0 Å². The van der Waals surface area contributed by atoms with Gasteiger partial charge in [0.05, 0.1) is 0 Å². The molecule has 4 rings (SSSR count). The van der Waals surface area contributed by atoms with Crippen LogP contribution >= 0.6 is 15.9 Å². The quantitative estimate of drug-likeness (QED) is 0.651.